The van der Waals surface area contributed by atoms with Crippen molar-refractivity contribution in [1.82, 2.24) is 20.1 Å². The fourth-order valence-electron chi connectivity index (χ4n) is 3.38. The molecule has 3 N–H and O–H groups in total. The molecule has 6 heteroatoms. The van der Waals surface area contributed by atoms with Crippen LogP contribution in [-0.4, -0.2) is 35.3 Å². The van der Waals surface area contributed by atoms with Crippen molar-refractivity contribution in [3.05, 3.63) is 16.4 Å². The minimum atomic E-state index is 0.173. The number of nitrogens with zero attached hydrogens (tertiary/aromatic N) is 3. The molecule has 1 aliphatic carbocycles. The van der Waals surface area contributed by atoms with Crippen LogP contribution in [0.15, 0.2) is 10.7 Å². The Balaban J connectivity index is 2.18. The number of aromatic nitrogens is 2. The van der Waals surface area contributed by atoms with Crippen LogP contribution < -0.4 is 11.3 Å². The molecule has 0 saturated heterocycles. The maximum absolute atomic E-state index is 5.91. The van der Waals surface area contributed by atoms with Crippen LogP contribution in [0.1, 0.15) is 44.3 Å². The van der Waals surface area contributed by atoms with Gasteiger partial charge in [-0.25, -0.2) is 0 Å². The highest BCUT2D eigenvalue weighted by atomic mass is 79.9. The fraction of sp³-hybridized carbons (Fsp3) is 0.800. The van der Waals surface area contributed by atoms with E-state index in [9.17, 15) is 0 Å². The zero-order valence-electron chi connectivity index (χ0n) is 13.3. The summed E-state index contributed by atoms with van der Waals surface area (Å²) in [7, 11) is 4.17. The topological polar surface area (TPSA) is 59.1 Å². The molecular formula is C15H28BrN5. The highest BCUT2D eigenvalue weighted by Gasteiger charge is 2.30. The van der Waals surface area contributed by atoms with E-state index >= 15 is 0 Å². The summed E-state index contributed by atoms with van der Waals surface area (Å²) >= 11 is 3.65. The summed E-state index contributed by atoms with van der Waals surface area (Å²) in [5.41, 5.74) is 4.25. The smallest absolute Gasteiger partial charge is 0.0712 e. The highest BCUT2D eigenvalue weighted by Crippen LogP contribution is 2.38. The third-order valence-corrected chi connectivity index (χ3v) is 5.13. The summed E-state index contributed by atoms with van der Waals surface area (Å²) in [6, 6.07) is 0.173. The summed E-state index contributed by atoms with van der Waals surface area (Å²) in [6.45, 7) is 4.20. The lowest BCUT2D eigenvalue weighted by atomic mass is 9.78. The van der Waals surface area contributed by atoms with Crippen LogP contribution in [0, 0.1) is 11.8 Å². The van der Waals surface area contributed by atoms with Crippen LogP contribution >= 0.6 is 15.9 Å². The molecule has 1 saturated carbocycles. The fourth-order valence-corrected chi connectivity index (χ4v) is 3.92. The van der Waals surface area contributed by atoms with Gasteiger partial charge in [-0.15, -0.1) is 0 Å². The van der Waals surface area contributed by atoms with Gasteiger partial charge >= 0.3 is 0 Å². The Labute approximate surface area is 136 Å². The van der Waals surface area contributed by atoms with Crippen LogP contribution in [0.3, 0.4) is 0 Å². The van der Waals surface area contributed by atoms with Gasteiger partial charge in [-0.3, -0.25) is 16.0 Å². The molecule has 1 fully saturated rings. The Kier molecular flexibility index (Phi) is 6.22. The van der Waals surface area contributed by atoms with E-state index in [-0.39, 0.29) is 6.04 Å². The normalized spacial score (nSPS) is 24.5. The average molecular weight is 358 g/mol. The minimum Gasteiger partial charge on any atom is -0.308 e. The number of likely N-dealkylation sites (N-methyl/N-ethyl adjacent to an activating group) is 1. The van der Waals surface area contributed by atoms with Gasteiger partial charge in [-0.2, -0.15) is 5.10 Å². The zero-order chi connectivity index (χ0) is 15.4. The Morgan fingerprint density at radius 1 is 1.52 bits per heavy atom. The van der Waals surface area contributed by atoms with Crippen molar-refractivity contribution in [1.29, 1.82) is 0 Å². The summed E-state index contributed by atoms with van der Waals surface area (Å²) < 4.78 is 3.15. The van der Waals surface area contributed by atoms with Crippen molar-refractivity contribution in [2.75, 3.05) is 20.6 Å². The molecule has 0 spiro atoms. The van der Waals surface area contributed by atoms with Gasteiger partial charge in [0.05, 0.1) is 29.0 Å². The van der Waals surface area contributed by atoms with Crippen molar-refractivity contribution in [2.24, 2.45) is 17.7 Å². The second kappa shape index (κ2) is 7.72. The minimum absolute atomic E-state index is 0.173. The number of hydrazine groups is 1. The van der Waals surface area contributed by atoms with Crippen LogP contribution in [0.25, 0.3) is 0 Å². The third kappa shape index (κ3) is 4.28. The molecule has 3 unspecified atom stereocenters. The van der Waals surface area contributed by atoms with Gasteiger partial charge in [0, 0.05) is 6.54 Å². The van der Waals surface area contributed by atoms with Crippen molar-refractivity contribution < 1.29 is 0 Å². The molecule has 0 aromatic carbocycles. The average Bonchev–Trinajstić information content (AvgIpc) is 2.79. The summed E-state index contributed by atoms with van der Waals surface area (Å²) in [5.74, 6) is 7.29. The van der Waals surface area contributed by atoms with E-state index < -0.39 is 0 Å². The van der Waals surface area contributed by atoms with Crippen LogP contribution in [-0.2, 0) is 6.54 Å². The predicted octanol–water partition coefficient (Wildman–Crippen LogP) is 2.54. The maximum Gasteiger partial charge on any atom is 0.0712 e. The molecule has 1 heterocycles. The van der Waals surface area contributed by atoms with Crippen LogP contribution in [0.2, 0.25) is 0 Å². The molecule has 0 bridgehead atoms. The first kappa shape index (κ1) is 16.9. The molecule has 0 aliphatic heterocycles. The number of halogens is 1. The quantitative estimate of drug-likeness (QED) is 0.606. The van der Waals surface area contributed by atoms with E-state index in [1.54, 1.807) is 0 Å². The Hall–Kier alpha value is -0.430. The standard InChI is InChI=1S/C15H28BrN5/c1-11-5-4-6-12(9-11)14(19-17)15-13(16)10-18-21(15)8-7-20(2)3/h10-12,14,19H,4-9,17H2,1-3H3. The molecule has 5 nitrogen and oxygen atoms in total. The predicted molar refractivity (Wildman–Crippen MR) is 89.7 cm³/mol. The van der Waals surface area contributed by atoms with Gasteiger partial charge in [0.15, 0.2) is 0 Å². The monoisotopic (exact) mass is 357 g/mol. The zero-order valence-corrected chi connectivity index (χ0v) is 14.9. The van der Waals surface area contributed by atoms with E-state index in [1.807, 2.05) is 6.20 Å². The van der Waals surface area contributed by atoms with Gasteiger partial charge in [-0.1, -0.05) is 19.8 Å². The molecule has 1 aromatic heterocycles. The van der Waals surface area contributed by atoms with Gasteiger partial charge in [0.2, 0.25) is 0 Å². The Bertz CT molecular complexity index is 445. The van der Waals surface area contributed by atoms with Gasteiger partial charge in [0.25, 0.3) is 0 Å². The van der Waals surface area contributed by atoms with Crippen LogP contribution in [0.4, 0.5) is 0 Å². The first-order chi connectivity index (χ1) is 10.0. The van der Waals surface area contributed by atoms with Crippen molar-refractivity contribution in [3.63, 3.8) is 0 Å². The van der Waals surface area contributed by atoms with Gasteiger partial charge < -0.3 is 4.90 Å². The number of hydrogen-bond donors (Lipinski definition) is 2. The number of nitrogens with one attached hydrogen (secondary N) is 1. The van der Waals surface area contributed by atoms with E-state index in [2.05, 4.69) is 57.1 Å². The largest absolute Gasteiger partial charge is 0.308 e. The molecule has 120 valence electrons. The van der Waals surface area contributed by atoms with E-state index in [0.29, 0.717) is 5.92 Å². The molecular weight excluding hydrogens is 330 g/mol. The second-order valence-electron chi connectivity index (χ2n) is 6.58. The first-order valence-corrected chi connectivity index (χ1v) is 8.64. The Morgan fingerprint density at radius 2 is 2.29 bits per heavy atom. The molecule has 1 aromatic rings. The molecule has 0 radical (unpaired) electrons. The summed E-state index contributed by atoms with van der Waals surface area (Å²) in [4.78, 5) is 2.17. The van der Waals surface area contributed by atoms with E-state index in [0.717, 1.165) is 23.5 Å². The molecule has 2 rings (SSSR count). The highest BCUT2D eigenvalue weighted by molar-refractivity contribution is 9.10. The van der Waals surface area contributed by atoms with Gasteiger partial charge in [-0.05, 0) is 54.7 Å². The lowest BCUT2D eigenvalue weighted by Gasteiger charge is -2.33. The number of rotatable bonds is 6. The third-order valence-electron chi connectivity index (χ3n) is 4.51. The van der Waals surface area contributed by atoms with E-state index in [1.165, 1.54) is 31.4 Å². The summed E-state index contributed by atoms with van der Waals surface area (Å²) in [5, 5.41) is 4.52. The lowest BCUT2D eigenvalue weighted by molar-refractivity contribution is 0.215. The molecule has 3 atom stereocenters. The first-order valence-electron chi connectivity index (χ1n) is 7.85. The SMILES string of the molecule is CC1CCCC(C(NN)c2c(Br)cnn2CCN(C)C)C1. The van der Waals surface area contributed by atoms with Crippen molar-refractivity contribution in [2.45, 2.75) is 45.2 Å². The molecule has 21 heavy (non-hydrogen) atoms. The van der Waals surface area contributed by atoms with Crippen molar-refractivity contribution in [3.8, 4) is 0 Å². The number of hydrogen-bond acceptors (Lipinski definition) is 4. The lowest BCUT2D eigenvalue weighted by Crippen LogP contribution is -2.37. The van der Waals surface area contributed by atoms with Gasteiger partial charge in [0.1, 0.15) is 0 Å². The molecule has 1 aliphatic rings. The second-order valence-corrected chi connectivity index (χ2v) is 7.43. The van der Waals surface area contributed by atoms with Crippen molar-refractivity contribution >= 4 is 15.9 Å². The van der Waals surface area contributed by atoms with Crippen LogP contribution in [0.5, 0.6) is 0 Å². The molecule has 0 amide bonds. The van der Waals surface area contributed by atoms with E-state index in [4.69, 9.17) is 5.84 Å². The Morgan fingerprint density at radius 3 is 2.90 bits per heavy atom. The summed E-state index contributed by atoms with van der Waals surface area (Å²) in [6.07, 6.45) is 7.01. The number of nitrogens with two attached hydrogens (primary N) is 1. The maximum atomic E-state index is 5.91.